The van der Waals surface area contributed by atoms with Gasteiger partial charge in [0, 0.05) is 24.5 Å². The van der Waals surface area contributed by atoms with Crippen molar-refractivity contribution >= 4 is 5.69 Å². The van der Waals surface area contributed by atoms with Crippen LogP contribution in [0.15, 0.2) is 30.3 Å². The first-order chi connectivity index (χ1) is 8.17. The van der Waals surface area contributed by atoms with E-state index in [9.17, 15) is 0 Å². The maximum Gasteiger partial charge on any atom is 0.222 e. The first-order valence-electron chi connectivity index (χ1n) is 5.45. The number of nitrogens with one attached hydrogen (secondary N) is 1. The van der Waals surface area contributed by atoms with Crippen LogP contribution in [0.1, 0.15) is 11.5 Å². The van der Waals surface area contributed by atoms with Gasteiger partial charge in [-0.05, 0) is 38.1 Å². The summed E-state index contributed by atoms with van der Waals surface area (Å²) in [6.07, 6.45) is 0. The summed E-state index contributed by atoms with van der Waals surface area (Å²) < 4.78 is 5.66. The molecular weight excluding hydrogens is 214 g/mol. The first-order valence-corrected chi connectivity index (χ1v) is 5.45. The molecule has 0 bridgehead atoms. The van der Waals surface area contributed by atoms with Gasteiger partial charge in [-0.25, -0.2) is 4.98 Å². The van der Waals surface area contributed by atoms with Crippen molar-refractivity contribution < 1.29 is 4.74 Å². The number of ether oxygens (including phenoxy) is 1. The largest absolute Gasteiger partial charge is 0.439 e. The minimum absolute atomic E-state index is 0.576. The summed E-state index contributed by atoms with van der Waals surface area (Å²) in [6, 6.07) is 9.53. The molecule has 88 valence electrons. The van der Waals surface area contributed by atoms with Crippen LogP contribution in [0.2, 0.25) is 0 Å². The molecule has 0 saturated carbocycles. The fourth-order valence-corrected chi connectivity index (χ4v) is 1.55. The van der Waals surface area contributed by atoms with Gasteiger partial charge in [-0.1, -0.05) is 0 Å². The summed E-state index contributed by atoms with van der Waals surface area (Å²) in [5.74, 6) is 2.06. The smallest absolute Gasteiger partial charge is 0.222 e. The maximum absolute atomic E-state index is 5.66. The lowest BCUT2D eigenvalue weighted by molar-refractivity contribution is 0.459. The number of aryl methyl sites for hydroxylation is 2. The standard InChI is InChI=1S/C13H15N3O/c1-9-8-13(16-10(2)15-9)17-12-6-4-11(14-3)5-7-12/h4-8,14H,1-3H3. The minimum Gasteiger partial charge on any atom is -0.439 e. The number of hydrogen-bond acceptors (Lipinski definition) is 4. The SMILES string of the molecule is CNc1ccc(Oc2cc(C)nc(C)n2)cc1. The van der Waals surface area contributed by atoms with E-state index in [2.05, 4.69) is 15.3 Å². The Morgan fingerprint density at radius 2 is 1.76 bits per heavy atom. The zero-order valence-electron chi connectivity index (χ0n) is 10.2. The Morgan fingerprint density at radius 1 is 1.06 bits per heavy atom. The van der Waals surface area contributed by atoms with Crippen molar-refractivity contribution in [2.45, 2.75) is 13.8 Å². The van der Waals surface area contributed by atoms with Crippen LogP contribution in [-0.2, 0) is 0 Å². The molecule has 0 atom stereocenters. The van der Waals surface area contributed by atoms with Crippen LogP contribution in [0, 0.1) is 13.8 Å². The fourth-order valence-electron chi connectivity index (χ4n) is 1.55. The summed E-state index contributed by atoms with van der Waals surface area (Å²) in [5.41, 5.74) is 1.95. The van der Waals surface area contributed by atoms with E-state index in [0.29, 0.717) is 11.7 Å². The Hall–Kier alpha value is -2.10. The predicted molar refractivity (Wildman–Crippen MR) is 67.6 cm³/mol. The van der Waals surface area contributed by atoms with Crippen molar-refractivity contribution in [3.05, 3.63) is 41.9 Å². The molecule has 0 aliphatic rings. The van der Waals surface area contributed by atoms with E-state index in [4.69, 9.17) is 4.74 Å². The lowest BCUT2D eigenvalue weighted by atomic mass is 10.3. The third kappa shape index (κ3) is 2.93. The Labute approximate surface area is 101 Å². The monoisotopic (exact) mass is 229 g/mol. The van der Waals surface area contributed by atoms with Gasteiger partial charge in [-0.2, -0.15) is 4.98 Å². The van der Waals surface area contributed by atoms with Crippen LogP contribution >= 0.6 is 0 Å². The van der Waals surface area contributed by atoms with E-state index in [1.165, 1.54) is 0 Å². The molecule has 0 radical (unpaired) electrons. The molecule has 0 amide bonds. The van der Waals surface area contributed by atoms with E-state index < -0.39 is 0 Å². The molecule has 0 fully saturated rings. The minimum atomic E-state index is 0.576. The molecule has 0 saturated heterocycles. The predicted octanol–water partition coefficient (Wildman–Crippen LogP) is 2.93. The van der Waals surface area contributed by atoms with Gasteiger partial charge < -0.3 is 10.1 Å². The van der Waals surface area contributed by atoms with Crippen LogP contribution in [0.25, 0.3) is 0 Å². The number of anilines is 1. The second-order valence-corrected chi connectivity index (χ2v) is 3.77. The summed E-state index contributed by atoms with van der Waals surface area (Å²) >= 11 is 0. The van der Waals surface area contributed by atoms with Crippen molar-refractivity contribution in [3.8, 4) is 11.6 Å². The van der Waals surface area contributed by atoms with Crippen LogP contribution in [0.4, 0.5) is 5.69 Å². The molecule has 1 aromatic carbocycles. The molecule has 0 spiro atoms. The van der Waals surface area contributed by atoms with E-state index in [1.807, 2.05) is 51.2 Å². The zero-order chi connectivity index (χ0) is 12.3. The molecule has 0 aliphatic heterocycles. The normalized spacial score (nSPS) is 10.1. The molecule has 2 aromatic rings. The average Bonchev–Trinajstić information content (AvgIpc) is 2.28. The molecule has 2 rings (SSSR count). The Morgan fingerprint density at radius 3 is 2.35 bits per heavy atom. The molecule has 1 N–H and O–H groups in total. The Kier molecular flexibility index (Phi) is 3.23. The third-order valence-corrected chi connectivity index (χ3v) is 2.31. The van der Waals surface area contributed by atoms with Crippen LogP contribution in [-0.4, -0.2) is 17.0 Å². The lowest BCUT2D eigenvalue weighted by Crippen LogP contribution is -1.95. The van der Waals surface area contributed by atoms with Crippen LogP contribution < -0.4 is 10.1 Å². The van der Waals surface area contributed by atoms with E-state index in [-0.39, 0.29) is 0 Å². The topological polar surface area (TPSA) is 47.0 Å². The highest BCUT2D eigenvalue weighted by molar-refractivity contribution is 5.46. The van der Waals surface area contributed by atoms with E-state index in [0.717, 1.165) is 17.1 Å². The second-order valence-electron chi connectivity index (χ2n) is 3.77. The molecule has 0 unspecified atom stereocenters. The second kappa shape index (κ2) is 4.82. The number of aromatic nitrogens is 2. The highest BCUT2D eigenvalue weighted by atomic mass is 16.5. The fraction of sp³-hybridized carbons (Fsp3) is 0.231. The quantitative estimate of drug-likeness (QED) is 0.879. The van der Waals surface area contributed by atoms with Gasteiger partial charge >= 0.3 is 0 Å². The summed E-state index contributed by atoms with van der Waals surface area (Å²) in [7, 11) is 1.88. The van der Waals surface area contributed by atoms with Crippen molar-refractivity contribution in [2.75, 3.05) is 12.4 Å². The van der Waals surface area contributed by atoms with Crippen molar-refractivity contribution in [2.24, 2.45) is 0 Å². The Bertz CT molecular complexity index is 488. The van der Waals surface area contributed by atoms with Crippen molar-refractivity contribution in [1.29, 1.82) is 0 Å². The molecular formula is C13H15N3O. The van der Waals surface area contributed by atoms with Crippen LogP contribution in [0.3, 0.4) is 0 Å². The highest BCUT2D eigenvalue weighted by Crippen LogP contribution is 2.21. The van der Waals surface area contributed by atoms with Gasteiger partial charge in [-0.3, -0.25) is 0 Å². The summed E-state index contributed by atoms with van der Waals surface area (Å²) in [6.45, 7) is 3.77. The third-order valence-electron chi connectivity index (χ3n) is 2.31. The highest BCUT2D eigenvalue weighted by Gasteiger charge is 2.01. The zero-order valence-corrected chi connectivity index (χ0v) is 10.2. The maximum atomic E-state index is 5.66. The number of nitrogens with zero attached hydrogens (tertiary/aromatic N) is 2. The van der Waals surface area contributed by atoms with Gasteiger partial charge in [0.05, 0.1) is 0 Å². The summed E-state index contributed by atoms with van der Waals surface area (Å²) in [5, 5.41) is 3.06. The average molecular weight is 229 g/mol. The molecule has 17 heavy (non-hydrogen) atoms. The van der Waals surface area contributed by atoms with Gasteiger partial charge in [0.1, 0.15) is 11.6 Å². The van der Waals surface area contributed by atoms with Gasteiger partial charge in [0.2, 0.25) is 5.88 Å². The first kappa shape index (κ1) is 11.4. The van der Waals surface area contributed by atoms with E-state index in [1.54, 1.807) is 0 Å². The number of hydrogen-bond donors (Lipinski definition) is 1. The molecule has 4 heteroatoms. The van der Waals surface area contributed by atoms with Gasteiger partial charge in [-0.15, -0.1) is 0 Å². The van der Waals surface area contributed by atoms with E-state index >= 15 is 0 Å². The Balaban J connectivity index is 2.19. The lowest BCUT2D eigenvalue weighted by Gasteiger charge is -2.07. The van der Waals surface area contributed by atoms with Crippen LogP contribution in [0.5, 0.6) is 11.6 Å². The molecule has 4 nitrogen and oxygen atoms in total. The summed E-state index contributed by atoms with van der Waals surface area (Å²) in [4.78, 5) is 8.43. The van der Waals surface area contributed by atoms with Crippen molar-refractivity contribution in [1.82, 2.24) is 9.97 Å². The molecule has 1 aromatic heterocycles. The molecule has 0 aliphatic carbocycles. The van der Waals surface area contributed by atoms with Crippen molar-refractivity contribution in [3.63, 3.8) is 0 Å². The van der Waals surface area contributed by atoms with Gasteiger partial charge in [0.25, 0.3) is 0 Å². The molecule has 1 heterocycles. The number of rotatable bonds is 3. The van der Waals surface area contributed by atoms with Gasteiger partial charge in [0.15, 0.2) is 0 Å². The number of benzene rings is 1.